The maximum Gasteiger partial charge on any atom is 0.326 e. The molecule has 8 heteroatoms. The molecule has 0 atom stereocenters. The van der Waals surface area contributed by atoms with Crippen LogP contribution < -0.4 is 0 Å². The predicted octanol–water partition coefficient (Wildman–Crippen LogP) is 0.578. The first kappa shape index (κ1) is 16.7. The highest BCUT2D eigenvalue weighted by Crippen LogP contribution is 2.64. The third kappa shape index (κ3) is 1.37. The summed E-state index contributed by atoms with van der Waals surface area (Å²) in [4.78, 5) is 56.3. The van der Waals surface area contributed by atoms with E-state index < -0.39 is 35.0 Å². The molecule has 8 nitrogen and oxygen atoms in total. The SMILES string of the molecule is CCC12C(C(=O)N(C)C(=O)N1C)C1(CC)C2C(=O)N(C)C(=O)N1C. The highest BCUT2D eigenvalue weighted by molar-refractivity contribution is 6.08. The van der Waals surface area contributed by atoms with Crippen LogP contribution in [-0.4, -0.2) is 82.7 Å². The van der Waals surface area contributed by atoms with Gasteiger partial charge in [-0.2, -0.15) is 0 Å². The molecule has 0 unspecified atom stereocenters. The molecule has 6 amide bonds. The van der Waals surface area contributed by atoms with Gasteiger partial charge in [0, 0.05) is 28.2 Å². The third-order valence-corrected chi connectivity index (χ3v) is 6.68. The lowest BCUT2D eigenvalue weighted by Crippen LogP contribution is -2.92. The van der Waals surface area contributed by atoms with E-state index in [2.05, 4.69) is 0 Å². The van der Waals surface area contributed by atoms with E-state index in [9.17, 15) is 19.2 Å². The molecule has 0 bridgehead atoms. The molecule has 2 heterocycles. The molecular weight excluding hydrogens is 312 g/mol. The van der Waals surface area contributed by atoms with E-state index in [1.165, 1.54) is 23.9 Å². The van der Waals surface area contributed by atoms with Gasteiger partial charge in [-0.15, -0.1) is 0 Å². The number of amides is 6. The van der Waals surface area contributed by atoms with Gasteiger partial charge < -0.3 is 9.80 Å². The molecule has 0 N–H and O–H groups in total. The number of hydrogen-bond donors (Lipinski definition) is 0. The molecule has 3 fully saturated rings. The first-order chi connectivity index (χ1) is 11.1. The molecule has 3 rings (SSSR count). The summed E-state index contributed by atoms with van der Waals surface area (Å²) in [6, 6.07) is -0.810. The summed E-state index contributed by atoms with van der Waals surface area (Å²) >= 11 is 0. The van der Waals surface area contributed by atoms with E-state index in [4.69, 9.17) is 0 Å². The lowest BCUT2D eigenvalue weighted by atomic mass is 9.42. The molecule has 0 spiro atoms. The Morgan fingerprint density at radius 3 is 1.25 bits per heavy atom. The summed E-state index contributed by atoms with van der Waals surface area (Å²) in [6.45, 7) is 3.78. The van der Waals surface area contributed by atoms with Crippen LogP contribution in [0.4, 0.5) is 9.59 Å². The van der Waals surface area contributed by atoms with Crippen LogP contribution in [0.15, 0.2) is 0 Å². The second-order valence-corrected chi connectivity index (χ2v) is 7.03. The van der Waals surface area contributed by atoms with Gasteiger partial charge >= 0.3 is 12.1 Å². The van der Waals surface area contributed by atoms with Crippen molar-refractivity contribution >= 4 is 23.9 Å². The van der Waals surface area contributed by atoms with Crippen LogP contribution in [0.5, 0.6) is 0 Å². The van der Waals surface area contributed by atoms with E-state index in [0.29, 0.717) is 12.8 Å². The predicted molar refractivity (Wildman–Crippen MR) is 84.9 cm³/mol. The van der Waals surface area contributed by atoms with Crippen molar-refractivity contribution in [3.8, 4) is 0 Å². The summed E-state index contributed by atoms with van der Waals surface area (Å²) in [5, 5.41) is 0. The second kappa shape index (κ2) is 4.70. The van der Waals surface area contributed by atoms with E-state index in [-0.39, 0.29) is 11.8 Å². The van der Waals surface area contributed by atoms with E-state index in [1.54, 1.807) is 14.1 Å². The molecular formula is C16H24N4O4. The van der Waals surface area contributed by atoms with Gasteiger partial charge in [0.2, 0.25) is 11.8 Å². The molecule has 1 aliphatic carbocycles. The monoisotopic (exact) mass is 336 g/mol. The molecule has 24 heavy (non-hydrogen) atoms. The summed E-state index contributed by atoms with van der Waals surface area (Å²) < 4.78 is 0. The van der Waals surface area contributed by atoms with Gasteiger partial charge in [0.15, 0.2) is 0 Å². The first-order valence-corrected chi connectivity index (χ1v) is 8.25. The molecule has 132 valence electrons. The zero-order valence-corrected chi connectivity index (χ0v) is 15.0. The summed E-state index contributed by atoms with van der Waals surface area (Å²) in [5.41, 5.74) is -1.76. The number of hydrogen-bond acceptors (Lipinski definition) is 4. The lowest BCUT2D eigenvalue weighted by molar-refractivity contribution is -0.228. The van der Waals surface area contributed by atoms with Crippen LogP contribution in [-0.2, 0) is 9.59 Å². The Hall–Kier alpha value is -2.12. The minimum Gasteiger partial charge on any atom is -0.320 e. The second-order valence-electron chi connectivity index (χ2n) is 7.03. The van der Waals surface area contributed by atoms with E-state index >= 15 is 0 Å². The van der Waals surface area contributed by atoms with Crippen LogP contribution in [0.3, 0.4) is 0 Å². The van der Waals surface area contributed by atoms with Crippen molar-refractivity contribution in [2.24, 2.45) is 11.8 Å². The van der Waals surface area contributed by atoms with E-state index in [1.807, 2.05) is 13.8 Å². The molecule has 2 saturated heterocycles. The van der Waals surface area contributed by atoms with Gasteiger partial charge in [-0.1, -0.05) is 13.8 Å². The number of fused-ring (bicyclic) bond motifs is 4. The molecule has 2 aliphatic heterocycles. The van der Waals surface area contributed by atoms with Crippen molar-refractivity contribution in [3.05, 3.63) is 0 Å². The summed E-state index contributed by atoms with van der Waals surface area (Å²) in [6.07, 6.45) is 0.959. The van der Waals surface area contributed by atoms with Gasteiger partial charge in [-0.05, 0) is 12.8 Å². The maximum absolute atomic E-state index is 13.0. The van der Waals surface area contributed by atoms with Gasteiger partial charge in [0.05, 0.1) is 22.9 Å². The van der Waals surface area contributed by atoms with Gasteiger partial charge in [0.1, 0.15) is 0 Å². The standard InChI is InChI=1S/C16H24N4O4/c1-7-15-9(11(21)17(3)13(23)19(15)5)16(8-2)10(15)12(22)18(4)14(24)20(16)6/h9-10H,7-8H2,1-6H3. The molecule has 1 saturated carbocycles. The average molecular weight is 336 g/mol. The van der Waals surface area contributed by atoms with E-state index in [0.717, 1.165) is 9.80 Å². The fourth-order valence-corrected chi connectivity index (χ4v) is 5.41. The van der Waals surface area contributed by atoms with Crippen molar-refractivity contribution in [3.63, 3.8) is 0 Å². The van der Waals surface area contributed by atoms with Gasteiger partial charge in [-0.3, -0.25) is 19.4 Å². The first-order valence-electron chi connectivity index (χ1n) is 8.25. The molecule has 0 aromatic carbocycles. The number of carbonyl (C=O) groups is 4. The van der Waals surface area contributed by atoms with Crippen LogP contribution in [0, 0.1) is 11.8 Å². The quantitative estimate of drug-likeness (QED) is 0.738. The Morgan fingerprint density at radius 1 is 0.708 bits per heavy atom. The van der Waals surface area contributed by atoms with Crippen molar-refractivity contribution in [2.75, 3.05) is 28.2 Å². The molecule has 0 radical (unpaired) electrons. The van der Waals surface area contributed by atoms with Crippen LogP contribution >= 0.6 is 0 Å². The molecule has 0 aromatic heterocycles. The zero-order valence-electron chi connectivity index (χ0n) is 15.0. The normalized spacial score (nSPS) is 39.1. The maximum atomic E-state index is 13.0. The minimum atomic E-state index is -0.878. The zero-order chi connectivity index (χ0) is 18.2. The molecule has 0 aromatic rings. The van der Waals surface area contributed by atoms with Gasteiger partial charge in [-0.25, -0.2) is 9.59 Å². The van der Waals surface area contributed by atoms with Gasteiger partial charge in [0.25, 0.3) is 0 Å². The van der Waals surface area contributed by atoms with Crippen molar-refractivity contribution in [2.45, 2.75) is 37.8 Å². The van der Waals surface area contributed by atoms with Crippen LogP contribution in [0.2, 0.25) is 0 Å². The highest BCUT2D eigenvalue weighted by atomic mass is 16.2. The highest BCUT2D eigenvalue weighted by Gasteiger charge is 2.82. The minimum absolute atomic E-state index is 0.310. The Balaban J connectivity index is 2.26. The topological polar surface area (TPSA) is 81.2 Å². The Kier molecular flexibility index (Phi) is 3.28. The summed E-state index contributed by atoms with van der Waals surface area (Å²) in [5.74, 6) is -1.81. The lowest BCUT2D eigenvalue weighted by Gasteiger charge is -2.74. The van der Waals surface area contributed by atoms with Crippen molar-refractivity contribution in [1.29, 1.82) is 0 Å². The smallest absolute Gasteiger partial charge is 0.320 e. The van der Waals surface area contributed by atoms with Crippen molar-refractivity contribution < 1.29 is 19.2 Å². The number of rotatable bonds is 2. The third-order valence-electron chi connectivity index (χ3n) is 6.68. The number of urea groups is 2. The number of nitrogens with zero attached hydrogens (tertiary/aromatic N) is 4. The Morgan fingerprint density at radius 2 is 1.00 bits per heavy atom. The number of imide groups is 2. The Labute approximate surface area is 141 Å². The van der Waals surface area contributed by atoms with Crippen LogP contribution in [0.1, 0.15) is 26.7 Å². The molecule has 3 aliphatic rings. The fraction of sp³-hybridized carbons (Fsp3) is 0.750. The van der Waals surface area contributed by atoms with Crippen LogP contribution in [0.25, 0.3) is 0 Å². The largest absolute Gasteiger partial charge is 0.326 e. The summed E-state index contributed by atoms with van der Waals surface area (Å²) in [7, 11) is 6.20. The average Bonchev–Trinajstić information content (AvgIpc) is 2.56. The fourth-order valence-electron chi connectivity index (χ4n) is 5.41. The number of carbonyl (C=O) groups excluding carboxylic acids is 4. The Bertz CT molecular complexity index is 596. The van der Waals surface area contributed by atoms with Crippen molar-refractivity contribution in [1.82, 2.24) is 19.6 Å².